The topological polar surface area (TPSA) is 18.5 Å². The van der Waals surface area contributed by atoms with E-state index in [1.807, 2.05) is 0 Å². The highest BCUT2D eigenvalue weighted by Gasteiger charge is 2.08. The maximum absolute atomic E-state index is 5.27. The van der Waals surface area contributed by atoms with Crippen LogP contribution in [-0.2, 0) is 29.1 Å². The Hall–Kier alpha value is -1.64. The van der Waals surface area contributed by atoms with Crippen LogP contribution < -0.4 is 0 Å². The summed E-state index contributed by atoms with van der Waals surface area (Å²) in [6.07, 6.45) is 0.951. The van der Waals surface area contributed by atoms with Crippen molar-refractivity contribution in [1.29, 1.82) is 0 Å². The molecule has 0 aromatic heterocycles. The molecule has 2 aromatic rings. The van der Waals surface area contributed by atoms with Gasteiger partial charge in [0.1, 0.15) is 0 Å². The summed E-state index contributed by atoms with van der Waals surface area (Å²) in [6, 6.07) is 12.9. The van der Waals surface area contributed by atoms with Crippen molar-refractivity contribution >= 4 is 0 Å². The molecular formula is C19H24O2. The van der Waals surface area contributed by atoms with Crippen LogP contribution >= 0.6 is 0 Å². The van der Waals surface area contributed by atoms with Crippen molar-refractivity contribution in [2.75, 3.05) is 14.2 Å². The molecule has 0 aliphatic carbocycles. The lowest BCUT2D eigenvalue weighted by atomic mass is 9.93. The predicted molar refractivity (Wildman–Crippen MR) is 86.6 cm³/mol. The lowest BCUT2D eigenvalue weighted by Crippen LogP contribution is -2.01. The van der Waals surface area contributed by atoms with E-state index in [0.29, 0.717) is 13.2 Å². The summed E-state index contributed by atoms with van der Waals surface area (Å²) in [5.41, 5.74) is 7.91. The fourth-order valence-electron chi connectivity index (χ4n) is 2.69. The van der Waals surface area contributed by atoms with Gasteiger partial charge in [-0.05, 0) is 53.6 Å². The Bertz CT molecular complexity index is 549. The fraction of sp³-hybridized carbons (Fsp3) is 0.368. The van der Waals surface area contributed by atoms with Gasteiger partial charge in [-0.2, -0.15) is 0 Å². The average Bonchev–Trinajstić information content (AvgIpc) is 2.48. The van der Waals surface area contributed by atoms with E-state index in [1.165, 1.54) is 33.4 Å². The molecule has 112 valence electrons. The molecule has 0 saturated heterocycles. The van der Waals surface area contributed by atoms with Crippen LogP contribution in [0.25, 0.3) is 0 Å². The molecule has 2 aromatic carbocycles. The third-order valence-corrected chi connectivity index (χ3v) is 4.10. The zero-order valence-corrected chi connectivity index (χ0v) is 13.4. The Morgan fingerprint density at radius 3 is 1.43 bits per heavy atom. The van der Waals surface area contributed by atoms with Gasteiger partial charge in [-0.15, -0.1) is 0 Å². The van der Waals surface area contributed by atoms with Crippen molar-refractivity contribution in [3.05, 3.63) is 69.8 Å². The van der Waals surface area contributed by atoms with Crippen LogP contribution in [-0.4, -0.2) is 14.2 Å². The third-order valence-electron chi connectivity index (χ3n) is 4.10. The van der Waals surface area contributed by atoms with Gasteiger partial charge in [0.05, 0.1) is 13.2 Å². The van der Waals surface area contributed by atoms with Gasteiger partial charge in [0.15, 0.2) is 0 Å². The van der Waals surface area contributed by atoms with Crippen molar-refractivity contribution in [2.24, 2.45) is 0 Å². The number of hydrogen-bond acceptors (Lipinski definition) is 2. The van der Waals surface area contributed by atoms with Crippen LogP contribution in [0.2, 0.25) is 0 Å². The Morgan fingerprint density at radius 2 is 1.05 bits per heavy atom. The van der Waals surface area contributed by atoms with E-state index in [-0.39, 0.29) is 0 Å². The molecule has 0 aliphatic rings. The van der Waals surface area contributed by atoms with E-state index >= 15 is 0 Å². The van der Waals surface area contributed by atoms with Crippen LogP contribution in [0.15, 0.2) is 36.4 Å². The van der Waals surface area contributed by atoms with Crippen LogP contribution in [0, 0.1) is 13.8 Å². The molecule has 0 amide bonds. The second kappa shape index (κ2) is 7.39. The van der Waals surface area contributed by atoms with Crippen LogP contribution in [0.5, 0.6) is 0 Å². The standard InChI is InChI=1S/C19H24O2/c1-14-16(7-5-9-18(14)12-20-3)11-17-8-6-10-19(13-21-4)15(17)2/h5-10H,11-13H2,1-4H3. The monoisotopic (exact) mass is 284 g/mol. The van der Waals surface area contributed by atoms with E-state index in [4.69, 9.17) is 9.47 Å². The summed E-state index contributed by atoms with van der Waals surface area (Å²) in [7, 11) is 3.48. The summed E-state index contributed by atoms with van der Waals surface area (Å²) < 4.78 is 10.5. The maximum atomic E-state index is 5.27. The van der Waals surface area contributed by atoms with Gasteiger partial charge in [0.2, 0.25) is 0 Å². The van der Waals surface area contributed by atoms with Gasteiger partial charge in [-0.1, -0.05) is 36.4 Å². The number of benzene rings is 2. The first kappa shape index (κ1) is 15.7. The van der Waals surface area contributed by atoms with Crippen molar-refractivity contribution in [2.45, 2.75) is 33.5 Å². The van der Waals surface area contributed by atoms with Gasteiger partial charge in [0, 0.05) is 14.2 Å². The molecule has 2 nitrogen and oxygen atoms in total. The Kier molecular flexibility index (Phi) is 5.54. The number of rotatable bonds is 6. The lowest BCUT2D eigenvalue weighted by molar-refractivity contribution is 0.184. The van der Waals surface area contributed by atoms with Crippen molar-refractivity contribution in [3.63, 3.8) is 0 Å². The van der Waals surface area contributed by atoms with Gasteiger partial charge < -0.3 is 9.47 Å². The predicted octanol–water partition coefficient (Wildman–Crippen LogP) is 4.19. The fourth-order valence-corrected chi connectivity index (χ4v) is 2.69. The minimum Gasteiger partial charge on any atom is -0.380 e. The summed E-state index contributed by atoms with van der Waals surface area (Å²) in [6.45, 7) is 5.70. The smallest absolute Gasteiger partial charge is 0.0715 e. The highest BCUT2D eigenvalue weighted by Crippen LogP contribution is 2.22. The molecule has 0 heterocycles. The third kappa shape index (κ3) is 3.72. The second-order valence-corrected chi connectivity index (χ2v) is 5.45. The van der Waals surface area contributed by atoms with E-state index in [9.17, 15) is 0 Å². The molecule has 0 atom stereocenters. The first-order chi connectivity index (χ1) is 10.2. The van der Waals surface area contributed by atoms with Crippen LogP contribution in [0.1, 0.15) is 33.4 Å². The molecule has 0 fully saturated rings. The molecule has 2 rings (SSSR count). The minimum absolute atomic E-state index is 0.669. The number of ether oxygens (including phenoxy) is 2. The SMILES string of the molecule is COCc1cccc(Cc2cccc(COC)c2C)c1C. The van der Waals surface area contributed by atoms with E-state index < -0.39 is 0 Å². The Morgan fingerprint density at radius 1 is 0.667 bits per heavy atom. The Labute approximate surface area is 127 Å². The normalized spacial score (nSPS) is 10.9. The summed E-state index contributed by atoms with van der Waals surface area (Å²) in [5, 5.41) is 0. The van der Waals surface area contributed by atoms with E-state index in [0.717, 1.165) is 6.42 Å². The minimum atomic E-state index is 0.669. The van der Waals surface area contributed by atoms with Gasteiger partial charge in [0.25, 0.3) is 0 Å². The van der Waals surface area contributed by atoms with Crippen molar-refractivity contribution in [3.8, 4) is 0 Å². The highest BCUT2D eigenvalue weighted by atomic mass is 16.5. The van der Waals surface area contributed by atoms with Crippen molar-refractivity contribution < 1.29 is 9.47 Å². The molecule has 0 radical (unpaired) electrons. The van der Waals surface area contributed by atoms with Crippen LogP contribution in [0.4, 0.5) is 0 Å². The lowest BCUT2D eigenvalue weighted by Gasteiger charge is -2.14. The van der Waals surface area contributed by atoms with Crippen molar-refractivity contribution in [1.82, 2.24) is 0 Å². The molecule has 0 unspecified atom stereocenters. The quantitative estimate of drug-likeness (QED) is 0.792. The summed E-state index contributed by atoms with van der Waals surface area (Å²) >= 11 is 0. The molecule has 21 heavy (non-hydrogen) atoms. The van der Waals surface area contributed by atoms with Crippen LogP contribution in [0.3, 0.4) is 0 Å². The summed E-state index contributed by atoms with van der Waals surface area (Å²) in [5.74, 6) is 0. The molecule has 0 saturated carbocycles. The highest BCUT2D eigenvalue weighted by molar-refractivity contribution is 5.41. The number of hydrogen-bond donors (Lipinski definition) is 0. The number of methoxy groups -OCH3 is 2. The molecule has 0 spiro atoms. The summed E-state index contributed by atoms with van der Waals surface area (Å²) in [4.78, 5) is 0. The molecule has 0 N–H and O–H groups in total. The van der Waals surface area contributed by atoms with Gasteiger partial charge in [-0.3, -0.25) is 0 Å². The first-order valence-corrected chi connectivity index (χ1v) is 7.30. The van der Waals surface area contributed by atoms with Gasteiger partial charge >= 0.3 is 0 Å². The first-order valence-electron chi connectivity index (χ1n) is 7.30. The molecular weight excluding hydrogens is 260 g/mol. The average molecular weight is 284 g/mol. The van der Waals surface area contributed by atoms with Gasteiger partial charge in [-0.25, -0.2) is 0 Å². The molecule has 0 bridgehead atoms. The zero-order chi connectivity index (χ0) is 15.2. The Balaban J connectivity index is 2.30. The molecule has 0 aliphatic heterocycles. The van der Waals surface area contributed by atoms with E-state index in [2.05, 4.69) is 50.2 Å². The largest absolute Gasteiger partial charge is 0.380 e. The van der Waals surface area contributed by atoms with E-state index in [1.54, 1.807) is 14.2 Å². The molecule has 2 heteroatoms. The maximum Gasteiger partial charge on any atom is 0.0715 e. The zero-order valence-electron chi connectivity index (χ0n) is 13.4. The second-order valence-electron chi connectivity index (χ2n) is 5.45.